The molecule has 2 atom stereocenters. The summed E-state index contributed by atoms with van der Waals surface area (Å²) in [4.78, 5) is 21.7. The minimum absolute atomic E-state index is 0.0273. The van der Waals surface area contributed by atoms with E-state index in [1.165, 1.54) is 0 Å². The minimum Gasteiger partial charge on any atom is -0.361 e. The predicted molar refractivity (Wildman–Crippen MR) is 80.4 cm³/mol. The molecule has 0 fully saturated rings. The SMILES string of the molecule is C=NC(C1CNC(=O)c2cccc3[nH]cc1c23)N(C)C. The van der Waals surface area contributed by atoms with E-state index in [2.05, 4.69) is 22.0 Å². The number of rotatable bonds is 3. The van der Waals surface area contributed by atoms with Crippen LogP contribution in [-0.4, -0.2) is 49.3 Å². The van der Waals surface area contributed by atoms with Crippen LogP contribution < -0.4 is 5.32 Å². The van der Waals surface area contributed by atoms with Crippen molar-refractivity contribution < 1.29 is 4.79 Å². The van der Waals surface area contributed by atoms with Crippen LogP contribution in [0.2, 0.25) is 0 Å². The first-order chi connectivity index (χ1) is 9.63. The molecule has 0 saturated carbocycles. The van der Waals surface area contributed by atoms with Crippen LogP contribution in [0.1, 0.15) is 21.8 Å². The van der Waals surface area contributed by atoms with Gasteiger partial charge < -0.3 is 10.3 Å². The summed E-state index contributed by atoms with van der Waals surface area (Å²) in [5.74, 6) is 0.0596. The Morgan fingerprint density at radius 2 is 2.25 bits per heavy atom. The van der Waals surface area contributed by atoms with E-state index < -0.39 is 0 Å². The van der Waals surface area contributed by atoms with E-state index in [0.717, 1.165) is 22.0 Å². The molecule has 20 heavy (non-hydrogen) atoms. The lowest BCUT2D eigenvalue weighted by molar-refractivity contribution is 0.0950. The number of carbonyl (C=O) groups is 1. The number of hydrogen-bond acceptors (Lipinski definition) is 3. The highest BCUT2D eigenvalue weighted by atomic mass is 16.1. The topological polar surface area (TPSA) is 60.5 Å². The Labute approximate surface area is 117 Å². The van der Waals surface area contributed by atoms with Gasteiger partial charge in [0.1, 0.15) is 6.17 Å². The predicted octanol–water partition coefficient (Wildman–Crippen LogP) is 1.58. The molecule has 1 aliphatic heterocycles. The van der Waals surface area contributed by atoms with Crippen LogP contribution in [-0.2, 0) is 0 Å². The summed E-state index contributed by atoms with van der Waals surface area (Å²) in [5.41, 5.74) is 2.84. The monoisotopic (exact) mass is 270 g/mol. The summed E-state index contributed by atoms with van der Waals surface area (Å²) in [6.07, 6.45) is 1.92. The molecule has 5 heteroatoms. The normalized spacial score (nSPS) is 19.8. The molecule has 0 radical (unpaired) electrons. The van der Waals surface area contributed by atoms with Crippen LogP contribution >= 0.6 is 0 Å². The number of H-pyrrole nitrogens is 1. The third-order valence-corrected chi connectivity index (χ3v) is 3.94. The summed E-state index contributed by atoms with van der Waals surface area (Å²) >= 11 is 0. The molecule has 2 unspecified atom stereocenters. The molecule has 3 rings (SSSR count). The van der Waals surface area contributed by atoms with Gasteiger partial charge in [0.15, 0.2) is 0 Å². The highest BCUT2D eigenvalue weighted by Gasteiger charge is 2.31. The smallest absolute Gasteiger partial charge is 0.252 e. The fourth-order valence-electron chi connectivity index (χ4n) is 3.02. The average molecular weight is 270 g/mol. The fourth-order valence-corrected chi connectivity index (χ4v) is 3.02. The number of benzene rings is 1. The molecule has 5 nitrogen and oxygen atoms in total. The third kappa shape index (κ3) is 1.82. The molecule has 1 aromatic heterocycles. The second-order valence-electron chi connectivity index (χ2n) is 5.35. The first-order valence-electron chi connectivity index (χ1n) is 6.64. The molecule has 0 bridgehead atoms. The van der Waals surface area contributed by atoms with Crippen molar-refractivity contribution in [2.24, 2.45) is 4.99 Å². The number of nitrogens with one attached hydrogen (secondary N) is 2. The van der Waals surface area contributed by atoms with Gasteiger partial charge in [0.25, 0.3) is 5.91 Å². The van der Waals surface area contributed by atoms with E-state index in [-0.39, 0.29) is 18.0 Å². The van der Waals surface area contributed by atoms with Gasteiger partial charge in [-0.1, -0.05) is 6.07 Å². The molecule has 0 spiro atoms. The van der Waals surface area contributed by atoms with E-state index in [1.807, 2.05) is 43.4 Å². The van der Waals surface area contributed by atoms with Crippen molar-refractivity contribution in [2.45, 2.75) is 12.1 Å². The number of hydrogen-bond donors (Lipinski definition) is 2. The van der Waals surface area contributed by atoms with Gasteiger partial charge in [-0.15, -0.1) is 0 Å². The van der Waals surface area contributed by atoms with Crippen LogP contribution in [0, 0.1) is 0 Å². The molecule has 2 aromatic rings. The number of carbonyl (C=O) groups excluding carboxylic acids is 1. The van der Waals surface area contributed by atoms with Gasteiger partial charge in [0.05, 0.1) is 0 Å². The van der Waals surface area contributed by atoms with E-state index in [0.29, 0.717) is 6.54 Å². The third-order valence-electron chi connectivity index (χ3n) is 3.94. The Balaban J connectivity index is 2.21. The highest BCUT2D eigenvalue weighted by molar-refractivity contribution is 6.08. The van der Waals surface area contributed by atoms with Crippen LogP contribution in [0.25, 0.3) is 10.9 Å². The summed E-state index contributed by atoms with van der Waals surface area (Å²) in [6.45, 7) is 4.25. The van der Waals surface area contributed by atoms with E-state index in [9.17, 15) is 4.79 Å². The zero-order chi connectivity index (χ0) is 14.3. The maximum atomic E-state index is 12.2. The largest absolute Gasteiger partial charge is 0.361 e. The Morgan fingerprint density at radius 1 is 1.45 bits per heavy atom. The Bertz CT molecular complexity index is 674. The van der Waals surface area contributed by atoms with Gasteiger partial charge in [0, 0.05) is 35.1 Å². The van der Waals surface area contributed by atoms with Crippen LogP contribution in [0.3, 0.4) is 0 Å². The summed E-state index contributed by atoms with van der Waals surface area (Å²) in [6, 6.07) is 5.75. The summed E-state index contributed by atoms with van der Waals surface area (Å²) in [5, 5.41) is 3.99. The molecule has 2 heterocycles. The van der Waals surface area contributed by atoms with Gasteiger partial charge in [0.2, 0.25) is 0 Å². The average Bonchev–Trinajstić information content (AvgIpc) is 2.80. The van der Waals surface area contributed by atoms with Crippen molar-refractivity contribution in [3.8, 4) is 0 Å². The lowest BCUT2D eigenvalue weighted by Gasteiger charge is -2.28. The second-order valence-corrected chi connectivity index (χ2v) is 5.35. The van der Waals surface area contributed by atoms with Gasteiger partial charge >= 0.3 is 0 Å². The van der Waals surface area contributed by atoms with Crippen molar-refractivity contribution >= 4 is 23.5 Å². The molecular weight excluding hydrogens is 252 g/mol. The lowest BCUT2D eigenvalue weighted by atomic mass is 9.94. The van der Waals surface area contributed by atoms with Crippen LogP contribution in [0.4, 0.5) is 0 Å². The molecule has 104 valence electrons. The van der Waals surface area contributed by atoms with E-state index in [4.69, 9.17) is 0 Å². The molecule has 0 saturated heterocycles. The minimum atomic E-state index is -0.0690. The van der Waals surface area contributed by atoms with Crippen molar-refractivity contribution in [1.82, 2.24) is 15.2 Å². The van der Waals surface area contributed by atoms with Crippen molar-refractivity contribution in [1.29, 1.82) is 0 Å². The standard InChI is InChI=1S/C15H18N4O/c1-16-14(19(2)3)11-8-18-15(20)9-5-4-6-12-13(9)10(11)7-17-12/h4-7,11,14,17H,1,8H2,2-3H3,(H,18,20). The summed E-state index contributed by atoms with van der Waals surface area (Å²) < 4.78 is 0. The van der Waals surface area contributed by atoms with Gasteiger partial charge in [-0.05, 0) is 38.5 Å². The fraction of sp³-hybridized carbons (Fsp3) is 0.333. The highest BCUT2D eigenvalue weighted by Crippen LogP contribution is 2.33. The first kappa shape index (κ1) is 12.9. The zero-order valence-corrected chi connectivity index (χ0v) is 11.7. The molecule has 1 amide bonds. The van der Waals surface area contributed by atoms with Gasteiger partial charge in [-0.2, -0.15) is 0 Å². The quantitative estimate of drug-likeness (QED) is 0.832. The number of amides is 1. The second kappa shape index (κ2) is 4.76. The number of nitrogens with zero attached hydrogens (tertiary/aromatic N) is 2. The molecule has 1 aromatic carbocycles. The molecular formula is C15H18N4O. The van der Waals surface area contributed by atoms with Crippen LogP contribution in [0.5, 0.6) is 0 Å². The number of aromatic amines is 1. The van der Waals surface area contributed by atoms with Crippen molar-refractivity contribution in [2.75, 3.05) is 20.6 Å². The van der Waals surface area contributed by atoms with E-state index in [1.54, 1.807) is 0 Å². The van der Waals surface area contributed by atoms with Crippen molar-refractivity contribution in [3.05, 3.63) is 35.5 Å². The lowest BCUT2D eigenvalue weighted by Crippen LogP contribution is -2.38. The number of aliphatic imine (C=N–C) groups is 1. The molecule has 2 N–H and O–H groups in total. The zero-order valence-electron chi connectivity index (χ0n) is 11.7. The van der Waals surface area contributed by atoms with E-state index >= 15 is 0 Å². The summed E-state index contributed by atoms with van der Waals surface area (Å²) in [7, 11) is 3.95. The van der Waals surface area contributed by atoms with Gasteiger partial charge in [-0.3, -0.25) is 14.7 Å². The van der Waals surface area contributed by atoms with Gasteiger partial charge in [-0.25, -0.2) is 0 Å². The maximum absolute atomic E-state index is 12.2. The number of likely N-dealkylation sites (N-methyl/N-ethyl adjacent to an activating group) is 1. The van der Waals surface area contributed by atoms with Crippen molar-refractivity contribution in [3.63, 3.8) is 0 Å². The maximum Gasteiger partial charge on any atom is 0.252 e. The molecule has 0 aliphatic carbocycles. The molecule has 1 aliphatic rings. The Hall–Kier alpha value is -2.14. The number of aromatic nitrogens is 1. The Morgan fingerprint density at radius 3 is 2.95 bits per heavy atom. The Kier molecular flexibility index (Phi) is 3.06. The van der Waals surface area contributed by atoms with Crippen LogP contribution in [0.15, 0.2) is 29.4 Å². The first-order valence-corrected chi connectivity index (χ1v) is 6.64.